The summed E-state index contributed by atoms with van der Waals surface area (Å²) in [4.78, 5) is 22.2. The predicted octanol–water partition coefficient (Wildman–Crippen LogP) is 0.919. The molecular formula is C18H23N5O7S. The molecule has 0 aliphatic carbocycles. The molecule has 0 saturated heterocycles. The fraction of sp³-hybridized carbons (Fsp3) is 0.389. The van der Waals surface area contributed by atoms with Crippen molar-refractivity contribution in [2.24, 2.45) is 7.05 Å². The number of methoxy groups -OCH3 is 1. The van der Waals surface area contributed by atoms with Gasteiger partial charge in [0.25, 0.3) is 15.9 Å². The summed E-state index contributed by atoms with van der Waals surface area (Å²) in [5.41, 5.74) is 0.684. The first-order chi connectivity index (χ1) is 14.5. The first-order valence-corrected chi connectivity index (χ1v) is 10.6. The highest BCUT2D eigenvalue weighted by Gasteiger charge is 2.39. The molecular weight excluding hydrogens is 430 g/mol. The molecule has 1 aliphatic heterocycles. The maximum Gasteiger partial charge on any atom is 0.409 e. The van der Waals surface area contributed by atoms with Crippen LogP contribution in [0.2, 0.25) is 0 Å². The number of carbonyl (C=O) groups is 2. The van der Waals surface area contributed by atoms with E-state index in [0.717, 1.165) is 4.31 Å². The fourth-order valence-electron chi connectivity index (χ4n) is 3.20. The Labute approximate surface area is 178 Å². The zero-order valence-electron chi connectivity index (χ0n) is 17.4. The van der Waals surface area contributed by atoms with E-state index in [2.05, 4.69) is 15.7 Å². The quantitative estimate of drug-likeness (QED) is 0.584. The van der Waals surface area contributed by atoms with E-state index in [1.807, 2.05) is 0 Å². The second-order valence-corrected chi connectivity index (χ2v) is 8.67. The number of amides is 2. The number of fused-ring (bicyclic) bond motifs is 1. The van der Waals surface area contributed by atoms with Gasteiger partial charge in [0.2, 0.25) is 5.91 Å². The zero-order valence-corrected chi connectivity index (χ0v) is 18.2. The van der Waals surface area contributed by atoms with Gasteiger partial charge in [-0.25, -0.2) is 13.2 Å². The van der Waals surface area contributed by atoms with E-state index in [4.69, 9.17) is 14.6 Å². The van der Waals surface area contributed by atoms with Crippen molar-refractivity contribution in [1.82, 2.24) is 15.1 Å². The Hall–Kier alpha value is -3.48. The normalized spacial score (nSPS) is 15.6. The molecule has 1 aromatic heterocycles. The average Bonchev–Trinajstić information content (AvgIpc) is 2.99. The van der Waals surface area contributed by atoms with Crippen molar-refractivity contribution in [3.63, 3.8) is 0 Å². The lowest BCUT2D eigenvalue weighted by atomic mass is 10.2. The summed E-state index contributed by atoms with van der Waals surface area (Å²) < 4.78 is 40.9. The molecule has 0 fully saturated rings. The van der Waals surface area contributed by atoms with E-state index in [1.165, 1.54) is 36.9 Å². The summed E-state index contributed by atoms with van der Waals surface area (Å²) in [7, 11) is -1.27. The Kier molecular flexibility index (Phi) is 5.97. The summed E-state index contributed by atoms with van der Waals surface area (Å²) in [5, 5.41) is 17.9. The SMILES string of the molecule is COc1nn(C)c(C)c1S(=O)(=O)N1CC(CNC(C)=O)Oc2ccc(NC(=O)O)cc21. The van der Waals surface area contributed by atoms with Crippen LogP contribution in [0.1, 0.15) is 12.6 Å². The van der Waals surface area contributed by atoms with Crippen molar-refractivity contribution < 1.29 is 32.6 Å². The van der Waals surface area contributed by atoms with Crippen molar-refractivity contribution in [2.75, 3.05) is 29.8 Å². The topological polar surface area (TPSA) is 152 Å². The molecule has 0 bridgehead atoms. The highest BCUT2D eigenvalue weighted by molar-refractivity contribution is 7.93. The summed E-state index contributed by atoms with van der Waals surface area (Å²) in [6.07, 6.45) is -1.97. The van der Waals surface area contributed by atoms with Gasteiger partial charge in [-0.15, -0.1) is 5.10 Å². The molecule has 2 aromatic rings. The third-order valence-electron chi connectivity index (χ3n) is 4.71. The van der Waals surface area contributed by atoms with Crippen LogP contribution in [0.3, 0.4) is 0 Å². The number of hydrogen-bond donors (Lipinski definition) is 3. The third-order valence-corrected chi connectivity index (χ3v) is 6.62. The minimum absolute atomic E-state index is 0.0636. The Bertz CT molecular complexity index is 1130. The number of rotatable bonds is 6. The molecule has 2 heterocycles. The minimum Gasteiger partial charge on any atom is -0.484 e. The fourth-order valence-corrected chi connectivity index (χ4v) is 5.04. The Morgan fingerprint density at radius 3 is 2.71 bits per heavy atom. The second kappa shape index (κ2) is 8.34. The Balaban J connectivity index is 2.12. The molecule has 0 spiro atoms. The monoisotopic (exact) mass is 453 g/mol. The summed E-state index contributed by atoms with van der Waals surface area (Å²) in [6, 6.07) is 4.29. The standard InChI is InChI=1S/C18H23N5O7S/c1-10-16(17(29-4)21-22(10)3)31(27,28)23-9-13(8-19-11(2)24)30-15-6-5-12(7-14(15)23)20-18(25)26/h5-7,13,20H,8-9H2,1-4H3,(H,19,24)(H,25,26). The van der Waals surface area contributed by atoms with Crippen LogP contribution < -0.4 is 24.4 Å². The van der Waals surface area contributed by atoms with Crippen molar-refractivity contribution >= 4 is 33.4 Å². The van der Waals surface area contributed by atoms with Gasteiger partial charge in [-0.05, 0) is 25.1 Å². The lowest BCUT2D eigenvalue weighted by molar-refractivity contribution is -0.119. The van der Waals surface area contributed by atoms with Gasteiger partial charge in [-0.3, -0.25) is 19.1 Å². The van der Waals surface area contributed by atoms with E-state index < -0.39 is 22.2 Å². The van der Waals surface area contributed by atoms with Gasteiger partial charge in [0, 0.05) is 19.7 Å². The molecule has 1 aromatic carbocycles. The summed E-state index contributed by atoms with van der Waals surface area (Å²) in [5.74, 6) is -0.123. The number of hydrogen-bond acceptors (Lipinski definition) is 7. The van der Waals surface area contributed by atoms with Crippen LogP contribution in [0.5, 0.6) is 11.6 Å². The van der Waals surface area contributed by atoms with Crippen LogP contribution in [-0.4, -0.2) is 61.6 Å². The van der Waals surface area contributed by atoms with E-state index in [9.17, 15) is 18.0 Å². The van der Waals surface area contributed by atoms with E-state index in [0.29, 0.717) is 5.69 Å². The molecule has 1 aliphatic rings. The van der Waals surface area contributed by atoms with Crippen molar-refractivity contribution in [3.05, 3.63) is 23.9 Å². The summed E-state index contributed by atoms with van der Waals surface area (Å²) >= 11 is 0. The number of nitrogens with zero attached hydrogens (tertiary/aromatic N) is 3. The predicted molar refractivity (Wildman–Crippen MR) is 110 cm³/mol. The van der Waals surface area contributed by atoms with Gasteiger partial charge >= 0.3 is 6.09 Å². The second-order valence-electron chi connectivity index (χ2n) is 6.87. The number of ether oxygens (including phenoxy) is 2. The number of carboxylic acid groups (broad SMARTS) is 1. The molecule has 3 N–H and O–H groups in total. The largest absolute Gasteiger partial charge is 0.484 e. The number of aromatic nitrogens is 2. The first-order valence-electron chi connectivity index (χ1n) is 9.20. The minimum atomic E-state index is -4.19. The van der Waals surface area contributed by atoms with Crippen molar-refractivity contribution in [2.45, 2.75) is 24.8 Å². The molecule has 12 nitrogen and oxygen atoms in total. The molecule has 13 heteroatoms. The molecule has 31 heavy (non-hydrogen) atoms. The maximum atomic E-state index is 13.7. The zero-order chi connectivity index (χ0) is 22.9. The van der Waals surface area contributed by atoms with E-state index in [1.54, 1.807) is 14.0 Å². The van der Waals surface area contributed by atoms with Crippen LogP contribution in [0.25, 0.3) is 0 Å². The van der Waals surface area contributed by atoms with Gasteiger partial charge in [0.05, 0.1) is 31.6 Å². The van der Waals surface area contributed by atoms with Crippen LogP contribution >= 0.6 is 0 Å². The molecule has 0 saturated carbocycles. The molecule has 1 unspecified atom stereocenters. The molecule has 2 amide bonds. The summed E-state index contributed by atoms with van der Waals surface area (Å²) in [6.45, 7) is 2.91. The average molecular weight is 453 g/mol. The lowest BCUT2D eigenvalue weighted by Crippen LogP contribution is -2.48. The van der Waals surface area contributed by atoms with Crippen LogP contribution in [0.15, 0.2) is 23.1 Å². The Morgan fingerprint density at radius 1 is 1.39 bits per heavy atom. The number of nitrogens with one attached hydrogen (secondary N) is 2. The van der Waals surface area contributed by atoms with Gasteiger partial charge in [0.15, 0.2) is 4.90 Å². The number of benzene rings is 1. The van der Waals surface area contributed by atoms with E-state index in [-0.39, 0.29) is 46.9 Å². The van der Waals surface area contributed by atoms with Gasteiger partial charge in [-0.2, -0.15) is 0 Å². The number of anilines is 2. The van der Waals surface area contributed by atoms with Crippen LogP contribution in [0.4, 0.5) is 16.2 Å². The highest BCUT2D eigenvalue weighted by atomic mass is 32.2. The van der Waals surface area contributed by atoms with Gasteiger partial charge in [0.1, 0.15) is 11.9 Å². The van der Waals surface area contributed by atoms with Gasteiger partial charge in [-0.1, -0.05) is 0 Å². The first kappa shape index (κ1) is 22.2. The van der Waals surface area contributed by atoms with E-state index >= 15 is 0 Å². The Morgan fingerprint density at radius 2 is 2.10 bits per heavy atom. The molecule has 0 radical (unpaired) electrons. The highest BCUT2D eigenvalue weighted by Crippen LogP contribution is 2.40. The number of sulfonamides is 1. The molecule has 1 atom stereocenters. The smallest absolute Gasteiger partial charge is 0.409 e. The number of aryl methyl sites for hydroxylation is 1. The molecule has 3 rings (SSSR count). The van der Waals surface area contributed by atoms with Crippen LogP contribution in [-0.2, 0) is 21.9 Å². The molecule has 168 valence electrons. The van der Waals surface area contributed by atoms with Crippen molar-refractivity contribution in [3.8, 4) is 11.6 Å². The number of carbonyl (C=O) groups excluding carboxylic acids is 1. The lowest BCUT2D eigenvalue weighted by Gasteiger charge is -2.35. The van der Waals surface area contributed by atoms with Crippen LogP contribution in [0, 0.1) is 6.92 Å². The third kappa shape index (κ3) is 4.35. The van der Waals surface area contributed by atoms with Crippen molar-refractivity contribution in [1.29, 1.82) is 0 Å². The van der Waals surface area contributed by atoms with Gasteiger partial charge < -0.3 is 19.9 Å². The maximum absolute atomic E-state index is 13.7.